The van der Waals surface area contributed by atoms with Crippen molar-refractivity contribution in [1.82, 2.24) is 9.55 Å². The molecule has 0 saturated heterocycles. The summed E-state index contributed by atoms with van der Waals surface area (Å²) in [7, 11) is 1.58. The first-order valence-electron chi connectivity index (χ1n) is 6.93. The zero-order valence-corrected chi connectivity index (χ0v) is 12.2. The van der Waals surface area contributed by atoms with Crippen molar-refractivity contribution < 1.29 is 14.6 Å². The third-order valence-electron chi connectivity index (χ3n) is 3.60. The average molecular weight is 296 g/mol. The van der Waals surface area contributed by atoms with Crippen molar-refractivity contribution in [1.29, 1.82) is 0 Å². The van der Waals surface area contributed by atoms with E-state index in [-0.39, 0.29) is 5.78 Å². The van der Waals surface area contributed by atoms with E-state index in [9.17, 15) is 4.79 Å². The largest absolute Gasteiger partial charge is 0.481 e. The van der Waals surface area contributed by atoms with Crippen molar-refractivity contribution >= 4 is 16.7 Å². The molecule has 5 heteroatoms. The third kappa shape index (κ3) is 2.71. The van der Waals surface area contributed by atoms with E-state index in [4.69, 9.17) is 9.84 Å². The van der Waals surface area contributed by atoms with Gasteiger partial charge >= 0.3 is 0 Å². The highest BCUT2D eigenvalue weighted by molar-refractivity contribution is 6.00. The number of methoxy groups -OCH3 is 1. The van der Waals surface area contributed by atoms with E-state index in [1.165, 1.54) is 0 Å². The minimum Gasteiger partial charge on any atom is -0.481 e. The van der Waals surface area contributed by atoms with Gasteiger partial charge in [-0.25, -0.2) is 4.98 Å². The van der Waals surface area contributed by atoms with Gasteiger partial charge < -0.3 is 14.4 Å². The molecule has 0 unspecified atom stereocenters. The summed E-state index contributed by atoms with van der Waals surface area (Å²) in [5.74, 6) is 0.303. The maximum absolute atomic E-state index is 11.6. The number of aromatic nitrogens is 2. The monoisotopic (exact) mass is 296 g/mol. The lowest BCUT2D eigenvalue weighted by molar-refractivity contribution is 0.0904. The Balaban J connectivity index is 1.94. The van der Waals surface area contributed by atoms with Crippen LogP contribution in [0.2, 0.25) is 0 Å². The summed E-state index contributed by atoms with van der Waals surface area (Å²) in [6, 6.07) is 11.2. The predicted molar refractivity (Wildman–Crippen MR) is 83.2 cm³/mol. The van der Waals surface area contributed by atoms with Crippen LogP contribution in [-0.2, 0) is 6.54 Å². The van der Waals surface area contributed by atoms with Crippen LogP contribution >= 0.6 is 0 Å². The molecule has 0 atom stereocenters. The molecular weight excluding hydrogens is 280 g/mol. The lowest BCUT2D eigenvalue weighted by Crippen LogP contribution is -2.05. The number of ketones is 1. The molecule has 22 heavy (non-hydrogen) atoms. The van der Waals surface area contributed by atoms with Gasteiger partial charge in [-0.1, -0.05) is 18.2 Å². The number of nitrogens with zero attached hydrogens (tertiary/aromatic N) is 2. The molecular formula is C17H16N2O3. The van der Waals surface area contributed by atoms with Crippen LogP contribution in [0.4, 0.5) is 0 Å². The summed E-state index contributed by atoms with van der Waals surface area (Å²) in [4.78, 5) is 15.8. The molecule has 0 aliphatic carbocycles. The van der Waals surface area contributed by atoms with Gasteiger partial charge in [0.05, 0.1) is 7.11 Å². The lowest BCUT2D eigenvalue weighted by Gasteiger charge is -2.07. The molecule has 0 saturated carbocycles. The first kappa shape index (κ1) is 14.3. The molecule has 2 aromatic heterocycles. The normalized spacial score (nSPS) is 10.8. The van der Waals surface area contributed by atoms with E-state index in [1.54, 1.807) is 19.4 Å². The van der Waals surface area contributed by atoms with E-state index >= 15 is 0 Å². The van der Waals surface area contributed by atoms with Gasteiger partial charge in [-0.05, 0) is 23.1 Å². The summed E-state index contributed by atoms with van der Waals surface area (Å²) in [5, 5.41) is 10.0. The van der Waals surface area contributed by atoms with Crippen LogP contribution in [0.5, 0.6) is 5.88 Å². The first-order valence-corrected chi connectivity index (χ1v) is 6.93. The Morgan fingerprint density at radius 2 is 2.14 bits per heavy atom. The maximum atomic E-state index is 11.6. The Morgan fingerprint density at radius 3 is 2.82 bits per heavy atom. The SMILES string of the molecule is COc1ccc(Cn2ccc3ccc(C(=O)CO)cc32)cn1. The predicted octanol–water partition coefficient (Wildman–Crippen LogP) is 2.27. The van der Waals surface area contributed by atoms with Gasteiger partial charge in [0.15, 0.2) is 5.78 Å². The Morgan fingerprint density at radius 1 is 1.27 bits per heavy atom. The second-order valence-electron chi connectivity index (χ2n) is 5.01. The number of pyridine rings is 1. The van der Waals surface area contributed by atoms with Crippen LogP contribution in [0.1, 0.15) is 15.9 Å². The van der Waals surface area contributed by atoms with Crippen LogP contribution in [-0.4, -0.2) is 34.2 Å². The third-order valence-corrected chi connectivity index (χ3v) is 3.60. The van der Waals surface area contributed by atoms with Gasteiger partial charge in [0, 0.05) is 36.1 Å². The van der Waals surface area contributed by atoms with Crippen LogP contribution < -0.4 is 4.74 Å². The van der Waals surface area contributed by atoms with Crippen molar-refractivity contribution in [3.8, 4) is 5.88 Å². The number of hydrogen-bond acceptors (Lipinski definition) is 4. The van der Waals surface area contributed by atoms with Crippen LogP contribution in [0.15, 0.2) is 48.8 Å². The molecule has 3 aromatic rings. The van der Waals surface area contributed by atoms with E-state index in [0.29, 0.717) is 18.0 Å². The number of ether oxygens (including phenoxy) is 1. The molecule has 0 fully saturated rings. The molecule has 3 rings (SSSR count). The fourth-order valence-corrected chi connectivity index (χ4v) is 2.41. The van der Waals surface area contributed by atoms with Crippen LogP contribution in [0.25, 0.3) is 10.9 Å². The topological polar surface area (TPSA) is 64.3 Å². The van der Waals surface area contributed by atoms with Gasteiger partial charge in [-0.2, -0.15) is 0 Å². The number of carbonyl (C=O) groups excluding carboxylic acids is 1. The number of Topliss-reactive ketones (excluding diaryl/α,β-unsaturated/α-hetero) is 1. The maximum Gasteiger partial charge on any atom is 0.212 e. The highest BCUT2D eigenvalue weighted by Crippen LogP contribution is 2.19. The Kier molecular flexibility index (Phi) is 3.89. The number of benzene rings is 1. The average Bonchev–Trinajstić information content (AvgIpc) is 2.97. The number of hydrogen-bond donors (Lipinski definition) is 1. The summed E-state index contributed by atoms with van der Waals surface area (Å²) >= 11 is 0. The second-order valence-corrected chi connectivity index (χ2v) is 5.01. The van der Waals surface area contributed by atoms with Crippen molar-refractivity contribution in [2.45, 2.75) is 6.54 Å². The van der Waals surface area contributed by atoms with Gasteiger partial charge in [-0.15, -0.1) is 0 Å². The van der Waals surface area contributed by atoms with Crippen LogP contribution in [0.3, 0.4) is 0 Å². The number of carbonyl (C=O) groups is 1. The van der Waals surface area contributed by atoms with E-state index < -0.39 is 6.61 Å². The van der Waals surface area contributed by atoms with Crippen molar-refractivity contribution in [3.63, 3.8) is 0 Å². The molecule has 2 heterocycles. The Labute approximate surface area is 127 Å². The molecule has 0 bridgehead atoms. The molecule has 0 spiro atoms. The Bertz CT molecular complexity index is 806. The highest BCUT2D eigenvalue weighted by atomic mass is 16.5. The fourth-order valence-electron chi connectivity index (χ4n) is 2.41. The first-order chi connectivity index (χ1) is 10.7. The van der Waals surface area contributed by atoms with Crippen molar-refractivity contribution in [2.24, 2.45) is 0 Å². The smallest absolute Gasteiger partial charge is 0.212 e. The minimum atomic E-state index is -0.478. The van der Waals surface area contributed by atoms with Crippen molar-refractivity contribution in [3.05, 3.63) is 59.9 Å². The van der Waals surface area contributed by atoms with Gasteiger partial charge in [0.1, 0.15) is 6.61 Å². The molecule has 0 amide bonds. The quantitative estimate of drug-likeness (QED) is 0.734. The summed E-state index contributed by atoms with van der Waals surface area (Å²) in [6.07, 6.45) is 3.75. The fraction of sp³-hybridized carbons (Fsp3) is 0.176. The number of fused-ring (bicyclic) bond motifs is 1. The van der Waals surface area contributed by atoms with Crippen molar-refractivity contribution in [2.75, 3.05) is 13.7 Å². The molecule has 0 aliphatic rings. The molecule has 1 aromatic carbocycles. The van der Waals surface area contributed by atoms with E-state index in [1.807, 2.05) is 41.1 Å². The molecule has 1 N–H and O–H groups in total. The standard InChI is InChI=1S/C17H16N2O3/c1-22-17-5-2-12(9-18-17)10-19-7-6-13-3-4-14(8-15(13)19)16(21)11-20/h2-9,20H,10-11H2,1H3. The second kappa shape index (κ2) is 5.99. The van der Waals surface area contributed by atoms with Crippen LogP contribution in [0, 0.1) is 0 Å². The minimum absolute atomic E-state index is 0.277. The Hall–Kier alpha value is -2.66. The lowest BCUT2D eigenvalue weighted by atomic mass is 10.1. The zero-order valence-electron chi connectivity index (χ0n) is 12.2. The van der Waals surface area contributed by atoms with E-state index in [2.05, 4.69) is 4.98 Å². The molecule has 5 nitrogen and oxygen atoms in total. The summed E-state index contributed by atoms with van der Waals surface area (Å²) in [6.45, 7) is 0.172. The molecule has 0 aliphatic heterocycles. The zero-order chi connectivity index (χ0) is 15.5. The molecule has 0 radical (unpaired) electrons. The van der Waals surface area contributed by atoms with Gasteiger partial charge in [-0.3, -0.25) is 4.79 Å². The van der Waals surface area contributed by atoms with E-state index in [0.717, 1.165) is 16.5 Å². The highest BCUT2D eigenvalue weighted by Gasteiger charge is 2.08. The number of aliphatic hydroxyl groups is 1. The van der Waals surface area contributed by atoms with Gasteiger partial charge in [0.2, 0.25) is 5.88 Å². The summed E-state index contributed by atoms with van der Waals surface area (Å²) in [5.41, 5.74) is 2.51. The summed E-state index contributed by atoms with van der Waals surface area (Å²) < 4.78 is 7.10. The number of aliphatic hydroxyl groups excluding tert-OH is 1. The number of rotatable bonds is 5. The van der Waals surface area contributed by atoms with Gasteiger partial charge in [0.25, 0.3) is 0 Å². The molecule has 112 valence electrons.